The molecule has 0 spiro atoms. The summed E-state index contributed by atoms with van der Waals surface area (Å²) < 4.78 is 18.1. The van der Waals surface area contributed by atoms with Gasteiger partial charge in [0, 0.05) is 32.7 Å². The van der Waals surface area contributed by atoms with Crippen LogP contribution in [-0.2, 0) is 17.9 Å². The van der Waals surface area contributed by atoms with E-state index in [1.54, 1.807) is 26.8 Å². The Morgan fingerprint density at radius 3 is 2.58 bits per heavy atom. The van der Waals surface area contributed by atoms with E-state index in [4.69, 9.17) is 13.9 Å². The average Bonchev–Trinajstić information content (AvgIpc) is 3.51. The number of rotatable bonds is 9. The highest BCUT2D eigenvalue weighted by atomic mass is 32.2. The lowest BCUT2D eigenvalue weighted by atomic mass is 10.1. The lowest BCUT2D eigenvalue weighted by Gasteiger charge is -2.35. The zero-order valence-corrected chi connectivity index (χ0v) is 20.0. The maximum atomic E-state index is 12.8. The molecule has 0 saturated carbocycles. The first-order chi connectivity index (χ1) is 16.1. The van der Waals surface area contributed by atoms with Gasteiger partial charge >= 0.3 is 0 Å². The molecule has 9 nitrogen and oxygen atoms in total. The van der Waals surface area contributed by atoms with E-state index in [0.29, 0.717) is 30.5 Å². The average molecular weight is 472 g/mol. The number of hydrogen-bond acceptors (Lipinski definition) is 8. The van der Waals surface area contributed by atoms with Gasteiger partial charge in [-0.1, -0.05) is 11.8 Å². The van der Waals surface area contributed by atoms with Crippen LogP contribution in [0.2, 0.25) is 0 Å². The largest absolute Gasteiger partial charge is 0.493 e. The SMILES string of the molecule is COc1cc(C)c(CN2CCN(C(=O)CSc3nncn3Cc3ccco3)CC2)cc1OC. The summed E-state index contributed by atoms with van der Waals surface area (Å²) in [6.45, 7) is 6.54. The summed E-state index contributed by atoms with van der Waals surface area (Å²) in [6, 6.07) is 7.81. The van der Waals surface area contributed by atoms with Crippen molar-refractivity contribution in [2.75, 3.05) is 46.2 Å². The second-order valence-electron chi connectivity index (χ2n) is 7.90. The minimum Gasteiger partial charge on any atom is -0.493 e. The molecule has 0 atom stereocenters. The molecule has 1 aliphatic heterocycles. The van der Waals surface area contributed by atoms with E-state index in [1.807, 2.05) is 33.7 Å². The number of amides is 1. The first-order valence-corrected chi connectivity index (χ1v) is 11.8. The molecule has 0 bridgehead atoms. The van der Waals surface area contributed by atoms with Crippen molar-refractivity contribution in [3.63, 3.8) is 0 Å². The van der Waals surface area contributed by atoms with Crippen molar-refractivity contribution in [3.8, 4) is 11.5 Å². The Balaban J connectivity index is 1.27. The van der Waals surface area contributed by atoms with Gasteiger partial charge in [-0.05, 0) is 42.3 Å². The fraction of sp³-hybridized carbons (Fsp3) is 0.435. The molecule has 33 heavy (non-hydrogen) atoms. The molecule has 1 aromatic carbocycles. The number of aromatic nitrogens is 3. The van der Waals surface area contributed by atoms with Crippen LogP contribution in [0, 0.1) is 6.92 Å². The van der Waals surface area contributed by atoms with Gasteiger partial charge in [0.15, 0.2) is 16.7 Å². The monoisotopic (exact) mass is 471 g/mol. The molecule has 1 amide bonds. The van der Waals surface area contributed by atoms with Crippen LogP contribution in [0.15, 0.2) is 46.4 Å². The normalized spacial score (nSPS) is 14.5. The Bertz CT molecular complexity index is 1060. The molecule has 0 aliphatic carbocycles. The smallest absolute Gasteiger partial charge is 0.233 e. The number of ether oxygens (including phenoxy) is 2. The third-order valence-electron chi connectivity index (χ3n) is 5.77. The number of carbonyl (C=O) groups is 1. The molecule has 4 rings (SSSR count). The molecule has 1 fully saturated rings. The number of hydrogen-bond donors (Lipinski definition) is 0. The number of furan rings is 1. The van der Waals surface area contributed by atoms with Crippen molar-refractivity contribution in [2.45, 2.75) is 25.2 Å². The van der Waals surface area contributed by atoms with E-state index in [2.05, 4.69) is 22.0 Å². The molecule has 0 radical (unpaired) electrons. The van der Waals surface area contributed by atoms with Gasteiger partial charge in [-0.3, -0.25) is 9.69 Å². The number of methoxy groups -OCH3 is 2. The van der Waals surface area contributed by atoms with Gasteiger partial charge in [0.05, 0.1) is 32.8 Å². The summed E-state index contributed by atoms with van der Waals surface area (Å²) in [7, 11) is 3.30. The van der Waals surface area contributed by atoms with Gasteiger partial charge in [-0.15, -0.1) is 10.2 Å². The summed E-state index contributed by atoms with van der Waals surface area (Å²) in [5.41, 5.74) is 2.38. The number of aryl methyl sites for hydroxylation is 1. The van der Waals surface area contributed by atoms with E-state index in [1.165, 1.54) is 22.9 Å². The highest BCUT2D eigenvalue weighted by molar-refractivity contribution is 7.99. The van der Waals surface area contributed by atoms with Crippen LogP contribution in [0.4, 0.5) is 0 Å². The second-order valence-corrected chi connectivity index (χ2v) is 8.84. The van der Waals surface area contributed by atoms with Crippen molar-refractivity contribution in [3.05, 3.63) is 53.7 Å². The van der Waals surface area contributed by atoms with E-state index in [9.17, 15) is 4.79 Å². The van der Waals surface area contributed by atoms with Gasteiger partial charge in [0.1, 0.15) is 12.1 Å². The van der Waals surface area contributed by atoms with Crippen molar-refractivity contribution < 1.29 is 18.7 Å². The Morgan fingerprint density at radius 1 is 1.12 bits per heavy atom. The number of nitrogens with zero attached hydrogens (tertiary/aromatic N) is 5. The van der Waals surface area contributed by atoms with Crippen LogP contribution in [-0.4, -0.2) is 76.6 Å². The fourth-order valence-corrected chi connectivity index (χ4v) is 4.66. The molecular formula is C23H29N5O4S. The molecule has 10 heteroatoms. The quantitative estimate of drug-likeness (QED) is 0.441. The molecule has 1 aliphatic rings. The number of thioether (sulfide) groups is 1. The number of benzene rings is 1. The Hall–Kier alpha value is -2.98. The maximum Gasteiger partial charge on any atom is 0.233 e. The number of piperazine rings is 1. The Morgan fingerprint density at radius 2 is 1.88 bits per heavy atom. The van der Waals surface area contributed by atoms with Gasteiger partial charge in [0.2, 0.25) is 5.91 Å². The van der Waals surface area contributed by atoms with E-state index in [0.717, 1.165) is 36.9 Å². The van der Waals surface area contributed by atoms with E-state index < -0.39 is 0 Å². The standard InChI is InChI=1S/C23H29N5O4S/c1-17-11-20(30-2)21(31-3)12-18(17)13-26-6-8-27(9-7-26)22(29)15-33-23-25-24-16-28(23)14-19-5-4-10-32-19/h4-5,10-12,16H,6-9,13-15H2,1-3H3. The minimum atomic E-state index is 0.120. The molecule has 3 aromatic rings. The van der Waals surface area contributed by atoms with E-state index in [-0.39, 0.29) is 5.91 Å². The summed E-state index contributed by atoms with van der Waals surface area (Å²) in [5, 5.41) is 8.83. The molecule has 1 saturated heterocycles. The predicted molar refractivity (Wildman–Crippen MR) is 125 cm³/mol. The van der Waals surface area contributed by atoms with Crippen LogP contribution in [0.5, 0.6) is 11.5 Å². The van der Waals surface area contributed by atoms with Gasteiger partial charge in [0.25, 0.3) is 0 Å². The number of carbonyl (C=O) groups excluding carboxylic acids is 1. The van der Waals surface area contributed by atoms with Crippen LogP contribution >= 0.6 is 11.8 Å². The molecule has 0 unspecified atom stereocenters. The summed E-state index contributed by atoms with van der Waals surface area (Å²) >= 11 is 1.41. The third-order valence-corrected chi connectivity index (χ3v) is 6.74. The predicted octanol–water partition coefficient (Wildman–Crippen LogP) is 2.68. The lowest BCUT2D eigenvalue weighted by molar-refractivity contribution is -0.130. The van der Waals surface area contributed by atoms with Crippen LogP contribution < -0.4 is 9.47 Å². The highest BCUT2D eigenvalue weighted by Crippen LogP contribution is 2.31. The second kappa shape index (κ2) is 10.8. The summed E-state index contributed by atoms with van der Waals surface area (Å²) in [5.74, 6) is 2.76. The highest BCUT2D eigenvalue weighted by Gasteiger charge is 2.22. The van der Waals surface area contributed by atoms with Crippen LogP contribution in [0.3, 0.4) is 0 Å². The maximum absolute atomic E-state index is 12.8. The first-order valence-electron chi connectivity index (χ1n) is 10.8. The summed E-state index contributed by atoms with van der Waals surface area (Å²) in [6.07, 6.45) is 3.30. The first kappa shape index (κ1) is 23.2. The van der Waals surface area contributed by atoms with Crippen molar-refractivity contribution in [1.82, 2.24) is 24.6 Å². The van der Waals surface area contributed by atoms with Gasteiger partial charge in [-0.2, -0.15) is 0 Å². The Kier molecular flexibility index (Phi) is 7.56. The van der Waals surface area contributed by atoms with Gasteiger partial charge in [-0.25, -0.2) is 0 Å². The zero-order valence-electron chi connectivity index (χ0n) is 19.2. The van der Waals surface area contributed by atoms with Crippen molar-refractivity contribution >= 4 is 17.7 Å². The molecule has 3 heterocycles. The van der Waals surface area contributed by atoms with Crippen molar-refractivity contribution in [1.29, 1.82) is 0 Å². The molecular weight excluding hydrogens is 442 g/mol. The van der Waals surface area contributed by atoms with Crippen LogP contribution in [0.25, 0.3) is 0 Å². The Labute approximate surface area is 197 Å². The zero-order chi connectivity index (χ0) is 23.2. The van der Waals surface area contributed by atoms with Gasteiger partial charge < -0.3 is 23.4 Å². The van der Waals surface area contributed by atoms with Crippen LogP contribution in [0.1, 0.15) is 16.9 Å². The molecule has 2 aromatic heterocycles. The molecule has 0 N–H and O–H groups in total. The summed E-state index contributed by atoms with van der Waals surface area (Å²) in [4.78, 5) is 17.1. The molecule has 176 valence electrons. The lowest BCUT2D eigenvalue weighted by Crippen LogP contribution is -2.48. The fourth-order valence-electron chi connectivity index (χ4n) is 3.84. The van der Waals surface area contributed by atoms with E-state index >= 15 is 0 Å². The van der Waals surface area contributed by atoms with Crippen molar-refractivity contribution in [2.24, 2.45) is 0 Å². The minimum absolute atomic E-state index is 0.120. The topological polar surface area (TPSA) is 85.9 Å². The third kappa shape index (κ3) is 5.69.